The lowest BCUT2D eigenvalue weighted by Gasteiger charge is -2.39. The monoisotopic (exact) mass is 369 g/mol. The fourth-order valence-corrected chi connectivity index (χ4v) is 3.89. The Balaban J connectivity index is 0.00000225. The minimum Gasteiger partial charge on any atom is -0.332 e. The van der Waals surface area contributed by atoms with Crippen LogP contribution in [-0.2, 0) is 16.6 Å². The summed E-state index contributed by atoms with van der Waals surface area (Å²) in [6, 6.07) is 0. The van der Waals surface area contributed by atoms with E-state index in [1.807, 2.05) is 13.2 Å². The Bertz CT molecular complexity index is 612. The van der Waals surface area contributed by atoms with E-state index in [4.69, 9.17) is 5.73 Å². The van der Waals surface area contributed by atoms with Crippen molar-refractivity contribution < 1.29 is 9.59 Å². The summed E-state index contributed by atoms with van der Waals surface area (Å²) in [6.07, 6.45) is 9.57. The minimum absolute atomic E-state index is 0. The molecule has 0 aromatic carbocycles. The number of nitrogens with zero attached hydrogens (tertiary/aromatic N) is 4. The number of hydrogen-bond acceptors (Lipinski definition) is 4. The second kappa shape index (κ2) is 8.19. The van der Waals surface area contributed by atoms with Gasteiger partial charge in [-0.25, -0.2) is 0 Å². The lowest BCUT2D eigenvalue weighted by atomic mass is 9.71. The predicted molar refractivity (Wildman–Crippen MR) is 98.6 cm³/mol. The number of halogens is 1. The van der Waals surface area contributed by atoms with Crippen molar-refractivity contribution >= 4 is 29.9 Å². The van der Waals surface area contributed by atoms with Crippen LogP contribution < -0.4 is 10.6 Å². The maximum absolute atomic E-state index is 12.7. The molecule has 0 unspecified atom stereocenters. The quantitative estimate of drug-likeness (QED) is 0.867. The van der Waals surface area contributed by atoms with Crippen molar-refractivity contribution in [2.75, 3.05) is 31.1 Å². The molecule has 1 aliphatic carbocycles. The zero-order valence-electron chi connectivity index (χ0n) is 14.8. The Labute approximate surface area is 154 Å². The second-order valence-corrected chi connectivity index (χ2v) is 7.17. The van der Waals surface area contributed by atoms with E-state index >= 15 is 0 Å². The molecule has 25 heavy (non-hydrogen) atoms. The molecule has 1 saturated heterocycles. The first kappa shape index (κ1) is 19.7. The number of nitrogens with two attached hydrogens (primary N) is 1. The number of hydrogen-bond donors (Lipinski definition) is 1. The Hall–Kier alpha value is -1.60. The molecule has 0 atom stereocenters. The third kappa shape index (κ3) is 4.33. The molecular weight excluding hydrogens is 342 g/mol. The van der Waals surface area contributed by atoms with E-state index in [9.17, 15) is 9.59 Å². The Morgan fingerprint density at radius 2 is 2.00 bits per heavy atom. The van der Waals surface area contributed by atoms with Gasteiger partial charge in [0.05, 0.1) is 11.9 Å². The average Bonchev–Trinajstić information content (AvgIpc) is 3.01. The van der Waals surface area contributed by atoms with Gasteiger partial charge in [0.15, 0.2) is 0 Å². The lowest BCUT2D eigenvalue weighted by Crippen LogP contribution is -2.53. The van der Waals surface area contributed by atoms with Crippen molar-refractivity contribution in [3.8, 4) is 0 Å². The molecule has 0 radical (unpaired) electrons. The molecule has 2 aliphatic rings. The molecule has 1 saturated carbocycles. The molecule has 0 spiro atoms. The third-order valence-electron chi connectivity index (χ3n) is 5.45. The van der Waals surface area contributed by atoms with Gasteiger partial charge in [0, 0.05) is 32.8 Å². The van der Waals surface area contributed by atoms with Gasteiger partial charge in [-0.1, -0.05) is 19.3 Å². The van der Waals surface area contributed by atoms with Crippen molar-refractivity contribution in [1.82, 2.24) is 14.7 Å². The molecule has 2 fully saturated rings. The highest BCUT2D eigenvalue weighted by Crippen LogP contribution is 2.38. The molecule has 7 nitrogen and oxygen atoms in total. The molecule has 2 heterocycles. The van der Waals surface area contributed by atoms with Gasteiger partial charge in [-0.2, -0.15) is 5.10 Å². The van der Waals surface area contributed by atoms with Gasteiger partial charge in [0.25, 0.3) is 0 Å². The maximum atomic E-state index is 12.7. The molecule has 2 N–H and O–H groups in total. The van der Waals surface area contributed by atoms with Crippen molar-refractivity contribution in [3.63, 3.8) is 0 Å². The predicted octanol–water partition coefficient (Wildman–Crippen LogP) is 1.32. The van der Waals surface area contributed by atoms with Crippen LogP contribution in [0, 0.1) is 5.41 Å². The summed E-state index contributed by atoms with van der Waals surface area (Å²) in [5, 5.41) is 4.11. The fraction of sp³-hybridized carbons (Fsp3) is 0.706. The van der Waals surface area contributed by atoms with Crippen LogP contribution in [0.5, 0.6) is 0 Å². The number of aryl methyl sites for hydroxylation is 1. The van der Waals surface area contributed by atoms with Crippen LogP contribution in [-0.4, -0.2) is 52.7 Å². The summed E-state index contributed by atoms with van der Waals surface area (Å²) >= 11 is 0. The summed E-state index contributed by atoms with van der Waals surface area (Å²) in [5.74, 6) is 0.0228. The van der Waals surface area contributed by atoms with Gasteiger partial charge in [0.1, 0.15) is 6.54 Å². The second-order valence-electron chi connectivity index (χ2n) is 7.17. The number of carbonyl (C=O) groups is 2. The summed E-state index contributed by atoms with van der Waals surface area (Å²) in [7, 11) is 1.82. The standard InChI is InChI=1S/C17H27N5O2.ClH/c1-20-11-14(10-19-20)22-8-7-21(12-16(22)24)15(23)9-17(13-18)5-3-2-4-6-17;/h10-11H,2-9,12-13,18H2,1H3;1H. The largest absolute Gasteiger partial charge is 0.332 e. The molecule has 0 bridgehead atoms. The zero-order chi connectivity index (χ0) is 17.2. The SMILES string of the molecule is Cl.Cn1cc(N2CCN(C(=O)CC3(CN)CCCCC3)CC2=O)cn1. The molecule has 8 heteroatoms. The van der Waals surface area contributed by atoms with Gasteiger partial charge in [-0.05, 0) is 24.8 Å². The zero-order valence-corrected chi connectivity index (χ0v) is 15.6. The minimum atomic E-state index is -0.0567. The van der Waals surface area contributed by atoms with Gasteiger partial charge in [-0.3, -0.25) is 14.3 Å². The van der Waals surface area contributed by atoms with Gasteiger partial charge in [-0.15, -0.1) is 12.4 Å². The van der Waals surface area contributed by atoms with E-state index in [-0.39, 0.29) is 36.2 Å². The number of anilines is 1. The van der Waals surface area contributed by atoms with Crippen LogP contribution in [0.4, 0.5) is 5.69 Å². The van der Waals surface area contributed by atoms with Crippen LogP contribution in [0.1, 0.15) is 38.5 Å². The smallest absolute Gasteiger partial charge is 0.246 e. The van der Waals surface area contributed by atoms with Crippen LogP contribution in [0.15, 0.2) is 12.4 Å². The molecular formula is C17H28ClN5O2. The molecule has 1 aromatic rings. The van der Waals surface area contributed by atoms with Gasteiger partial charge in [0.2, 0.25) is 11.8 Å². The first-order valence-electron chi connectivity index (χ1n) is 8.80. The highest BCUT2D eigenvalue weighted by molar-refractivity contribution is 5.97. The van der Waals surface area contributed by atoms with Gasteiger partial charge < -0.3 is 15.5 Å². The molecule has 140 valence electrons. The summed E-state index contributed by atoms with van der Waals surface area (Å²) < 4.78 is 1.67. The summed E-state index contributed by atoms with van der Waals surface area (Å²) in [6.45, 7) is 1.79. The van der Waals surface area contributed by atoms with Crippen LogP contribution in [0.2, 0.25) is 0 Å². The van der Waals surface area contributed by atoms with Crippen molar-refractivity contribution in [2.45, 2.75) is 38.5 Å². The van der Waals surface area contributed by atoms with Crippen molar-refractivity contribution in [3.05, 3.63) is 12.4 Å². The van der Waals surface area contributed by atoms with Crippen LogP contribution in [0.3, 0.4) is 0 Å². The first-order chi connectivity index (χ1) is 11.5. The Morgan fingerprint density at radius 1 is 1.28 bits per heavy atom. The van der Waals surface area contributed by atoms with Crippen molar-refractivity contribution in [2.24, 2.45) is 18.2 Å². The first-order valence-corrected chi connectivity index (χ1v) is 8.80. The van der Waals surface area contributed by atoms with Crippen molar-refractivity contribution in [1.29, 1.82) is 0 Å². The number of amides is 2. The molecule has 3 rings (SSSR count). The summed E-state index contributed by atoms with van der Waals surface area (Å²) in [4.78, 5) is 28.5. The number of rotatable bonds is 4. The van der Waals surface area contributed by atoms with E-state index < -0.39 is 0 Å². The number of carbonyl (C=O) groups excluding carboxylic acids is 2. The van der Waals surface area contributed by atoms with Crippen LogP contribution in [0.25, 0.3) is 0 Å². The number of piperazine rings is 1. The maximum Gasteiger partial charge on any atom is 0.246 e. The Morgan fingerprint density at radius 3 is 2.56 bits per heavy atom. The van der Waals surface area contributed by atoms with E-state index in [0.29, 0.717) is 26.1 Å². The molecule has 1 aliphatic heterocycles. The lowest BCUT2D eigenvalue weighted by molar-refractivity contribution is -0.139. The third-order valence-corrected chi connectivity index (χ3v) is 5.45. The molecule has 1 aromatic heterocycles. The fourth-order valence-electron chi connectivity index (χ4n) is 3.89. The average molecular weight is 370 g/mol. The van der Waals surface area contributed by atoms with E-state index in [1.54, 1.807) is 20.7 Å². The summed E-state index contributed by atoms with van der Waals surface area (Å²) in [5.41, 5.74) is 6.72. The number of aromatic nitrogens is 2. The highest BCUT2D eigenvalue weighted by atomic mass is 35.5. The highest BCUT2D eigenvalue weighted by Gasteiger charge is 2.36. The van der Waals surface area contributed by atoms with E-state index in [0.717, 1.165) is 31.4 Å². The van der Waals surface area contributed by atoms with E-state index in [2.05, 4.69) is 5.10 Å². The van der Waals surface area contributed by atoms with Crippen LogP contribution >= 0.6 is 12.4 Å². The van der Waals surface area contributed by atoms with E-state index in [1.165, 1.54) is 6.42 Å². The van der Waals surface area contributed by atoms with Gasteiger partial charge >= 0.3 is 0 Å². The normalized spacial score (nSPS) is 20.3. The Kier molecular flexibility index (Phi) is 6.46. The topological polar surface area (TPSA) is 84.5 Å². The molecule has 2 amide bonds.